The second-order valence-corrected chi connectivity index (χ2v) is 2.89. The van der Waals surface area contributed by atoms with Crippen LogP contribution in [0.15, 0.2) is 30.5 Å². The first-order valence-electron chi connectivity index (χ1n) is 4.31. The molecule has 2 rings (SSSR count). The average Bonchev–Trinajstić information content (AvgIpc) is 2.18. The van der Waals surface area contributed by atoms with E-state index in [1.54, 1.807) is 6.20 Å². The van der Waals surface area contributed by atoms with Crippen LogP contribution in [0.4, 0.5) is 0 Å². The molecule has 0 bridgehead atoms. The van der Waals surface area contributed by atoms with Crippen LogP contribution in [0, 0.1) is 0 Å². The topological polar surface area (TPSA) is 51.8 Å². The standard InChI is InChI=1S/C10H11N3.ClH/c11-6-5-8-7-12-9-3-1-2-4-10(9)13-8;/h1-4,7H,5-6,11H2;1H. The first-order chi connectivity index (χ1) is 6.40. The Kier molecular flexibility index (Phi) is 3.80. The van der Waals surface area contributed by atoms with Gasteiger partial charge in [-0.25, -0.2) is 4.98 Å². The summed E-state index contributed by atoms with van der Waals surface area (Å²) in [7, 11) is 0. The van der Waals surface area contributed by atoms with E-state index in [2.05, 4.69) is 9.97 Å². The highest BCUT2D eigenvalue weighted by Gasteiger charge is 1.96. The number of aromatic nitrogens is 2. The molecule has 0 aliphatic rings. The Balaban J connectivity index is 0.000000980. The maximum absolute atomic E-state index is 5.44. The third kappa shape index (κ3) is 2.19. The molecule has 0 unspecified atom stereocenters. The molecule has 0 saturated heterocycles. The third-order valence-electron chi connectivity index (χ3n) is 1.90. The van der Waals surface area contributed by atoms with Gasteiger partial charge in [0.2, 0.25) is 0 Å². The molecule has 2 N–H and O–H groups in total. The number of para-hydroxylation sites is 2. The number of rotatable bonds is 2. The first-order valence-corrected chi connectivity index (χ1v) is 4.31. The molecule has 0 fully saturated rings. The van der Waals surface area contributed by atoms with E-state index in [1.807, 2.05) is 24.3 Å². The van der Waals surface area contributed by atoms with Gasteiger partial charge in [0.25, 0.3) is 0 Å². The van der Waals surface area contributed by atoms with Crippen molar-refractivity contribution in [2.24, 2.45) is 5.73 Å². The maximum atomic E-state index is 5.44. The molecule has 1 aromatic carbocycles. The van der Waals surface area contributed by atoms with Gasteiger partial charge in [-0.15, -0.1) is 12.4 Å². The Morgan fingerprint density at radius 1 is 1.14 bits per heavy atom. The molecular formula is C10H12ClN3. The SMILES string of the molecule is Cl.NCCc1cnc2ccccc2n1. The predicted molar refractivity (Wildman–Crippen MR) is 59.5 cm³/mol. The van der Waals surface area contributed by atoms with Gasteiger partial charge in [0, 0.05) is 12.6 Å². The summed E-state index contributed by atoms with van der Waals surface area (Å²) >= 11 is 0. The summed E-state index contributed by atoms with van der Waals surface area (Å²) in [5.41, 5.74) is 8.27. The first kappa shape index (κ1) is 10.9. The van der Waals surface area contributed by atoms with Crippen LogP contribution < -0.4 is 5.73 Å². The smallest absolute Gasteiger partial charge is 0.0890 e. The van der Waals surface area contributed by atoms with Crippen LogP contribution in [0.1, 0.15) is 5.69 Å². The second-order valence-electron chi connectivity index (χ2n) is 2.89. The fraction of sp³-hybridized carbons (Fsp3) is 0.200. The zero-order valence-corrected chi connectivity index (χ0v) is 8.50. The van der Waals surface area contributed by atoms with E-state index in [0.29, 0.717) is 6.54 Å². The van der Waals surface area contributed by atoms with E-state index in [9.17, 15) is 0 Å². The highest BCUT2D eigenvalue weighted by molar-refractivity contribution is 5.85. The number of nitrogens with zero attached hydrogens (tertiary/aromatic N) is 2. The van der Waals surface area contributed by atoms with Crippen LogP contribution in [0.5, 0.6) is 0 Å². The monoisotopic (exact) mass is 209 g/mol. The lowest BCUT2D eigenvalue weighted by Crippen LogP contribution is -2.04. The highest BCUT2D eigenvalue weighted by atomic mass is 35.5. The minimum absolute atomic E-state index is 0. The van der Waals surface area contributed by atoms with Crippen LogP contribution in [-0.2, 0) is 6.42 Å². The van der Waals surface area contributed by atoms with Crippen LogP contribution >= 0.6 is 12.4 Å². The van der Waals surface area contributed by atoms with E-state index >= 15 is 0 Å². The number of hydrogen-bond donors (Lipinski definition) is 1. The number of halogens is 1. The Morgan fingerprint density at radius 2 is 1.86 bits per heavy atom. The molecule has 74 valence electrons. The van der Waals surface area contributed by atoms with Gasteiger partial charge in [-0.3, -0.25) is 4.98 Å². The zero-order valence-electron chi connectivity index (χ0n) is 7.68. The Hall–Kier alpha value is -1.19. The Labute approximate surface area is 88.8 Å². The van der Waals surface area contributed by atoms with Gasteiger partial charge < -0.3 is 5.73 Å². The molecule has 4 heteroatoms. The molecule has 2 aromatic rings. The summed E-state index contributed by atoms with van der Waals surface area (Å²) < 4.78 is 0. The number of hydrogen-bond acceptors (Lipinski definition) is 3. The summed E-state index contributed by atoms with van der Waals surface area (Å²) in [6.45, 7) is 0.618. The van der Waals surface area contributed by atoms with Crippen LogP contribution in [0.3, 0.4) is 0 Å². The molecule has 0 spiro atoms. The number of benzene rings is 1. The third-order valence-corrected chi connectivity index (χ3v) is 1.90. The van der Waals surface area contributed by atoms with Gasteiger partial charge in [0.15, 0.2) is 0 Å². The van der Waals surface area contributed by atoms with Gasteiger partial charge >= 0.3 is 0 Å². The van der Waals surface area contributed by atoms with Crippen LogP contribution in [-0.4, -0.2) is 16.5 Å². The summed E-state index contributed by atoms with van der Waals surface area (Å²) in [6.07, 6.45) is 2.58. The highest BCUT2D eigenvalue weighted by Crippen LogP contribution is 2.08. The summed E-state index contributed by atoms with van der Waals surface area (Å²) in [6, 6.07) is 7.83. The average molecular weight is 210 g/mol. The molecular weight excluding hydrogens is 198 g/mol. The van der Waals surface area contributed by atoms with Gasteiger partial charge in [-0.1, -0.05) is 12.1 Å². The molecule has 0 atom stereocenters. The largest absolute Gasteiger partial charge is 0.330 e. The van der Waals surface area contributed by atoms with E-state index in [0.717, 1.165) is 23.1 Å². The molecule has 0 aliphatic carbocycles. The fourth-order valence-electron chi connectivity index (χ4n) is 1.26. The van der Waals surface area contributed by atoms with Crippen molar-refractivity contribution in [1.82, 2.24) is 9.97 Å². The summed E-state index contributed by atoms with van der Waals surface area (Å²) in [5, 5.41) is 0. The van der Waals surface area contributed by atoms with Gasteiger partial charge in [-0.2, -0.15) is 0 Å². The molecule has 1 aromatic heterocycles. The van der Waals surface area contributed by atoms with Crippen molar-refractivity contribution in [1.29, 1.82) is 0 Å². The fourth-order valence-corrected chi connectivity index (χ4v) is 1.26. The lowest BCUT2D eigenvalue weighted by Gasteiger charge is -1.99. The minimum atomic E-state index is 0. The quantitative estimate of drug-likeness (QED) is 0.817. The van der Waals surface area contributed by atoms with Crippen molar-refractivity contribution in [3.8, 4) is 0 Å². The summed E-state index contributed by atoms with van der Waals surface area (Å²) in [5.74, 6) is 0. The van der Waals surface area contributed by atoms with Gasteiger partial charge in [-0.05, 0) is 18.7 Å². The normalized spacial score (nSPS) is 9.79. The molecule has 0 aliphatic heterocycles. The zero-order chi connectivity index (χ0) is 9.10. The molecule has 3 nitrogen and oxygen atoms in total. The molecule has 0 radical (unpaired) electrons. The van der Waals surface area contributed by atoms with E-state index in [4.69, 9.17) is 5.73 Å². The van der Waals surface area contributed by atoms with Crippen LogP contribution in [0.25, 0.3) is 11.0 Å². The second kappa shape index (κ2) is 4.88. The maximum Gasteiger partial charge on any atom is 0.0890 e. The Morgan fingerprint density at radius 3 is 2.57 bits per heavy atom. The lowest BCUT2D eigenvalue weighted by atomic mass is 10.2. The molecule has 0 amide bonds. The van der Waals surface area contributed by atoms with Crippen molar-refractivity contribution in [3.05, 3.63) is 36.2 Å². The number of nitrogens with two attached hydrogens (primary N) is 1. The van der Waals surface area contributed by atoms with E-state index in [-0.39, 0.29) is 12.4 Å². The predicted octanol–water partition coefficient (Wildman–Crippen LogP) is 1.55. The van der Waals surface area contributed by atoms with Gasteiger partial charge in [0.05, 0.1) is 16.7 Å². The lowest BCUT2D eigenvalue weighted by molar-refractivity contribution is 0.922. The van der Waals surface area contributed by atoms with Crippen LogP contribution in [0.2, 0.25) is 0 Å². The van der Waals surface area contributed by atoms with Crippen molar-refractivity contribution < 1.29 is 0 Å². The van der Waals surface area contributed by atoms with E-state index in [1.165, 1.54) is 0 Å². The molecule has 0 saturated carbocycles. The van der Waals surface area contributed by atoms with Crippen molar-refractivity contribution in [2.45, 2.75) is 6.42 Å². The number of fused-ring (bicyclic) bond motifs is 1. The molecule has 14 heavy (non-hydrogen) atoms. The van der Waals surface area contributed by atoms with Crippen molar-refractivity contribution in [2.75, 3.05) is 6.54 Å². The van der Waals surface area contributed by atoms with Gasteiger partial charge in [0.1, 0.15) is 0 Å². The summed E-state index contributed by atoms with van der Waals surface area (Å²) in [4.78, 5) is 8.70. The Bertz CT molecular complexity index is 417. The van der Waals surface area contributed by atoms with Crippen molar-refractivity contribution in [3.63, 3.8) is 0 Å². The molecule has 1 heterocycles. The van der Waals surface area contributed by atoms with Crippen molar-refractivity contribution >= 4 is 23.4 Å². The minimum Gasteiger partial charge on any atom is -0.330 e. The van der Waals surface area contributed by atoms with E-state index < -0.39 is 0 Å².